The zero-order chi connectivity index (χ0) is 20.7. The van der Waals surface area contributed by atoms with Gasteiger partial charge in [0.1, 0.15) is 0 Å². The fraction of sp³-hybridized carbons (Fsp3) is 0.885. The van der Waals surface area contributed by atoms with E-state index in [1.54, 1.807) is 0 Å². The molecule has 4 aliphatic carbocycles. The zero-order valence-electron chi connectivity index (χ0n) is 19.2. The van der Waals surface area contributed by atoms with E-state index in [0.29, 0.717) is 29.5 Å². The average molecular weight is 413 g/mol. The van der Waals surface area contributed by atoms with Crippen LogP contribution in [0, 0.1) is 40.4 Å². The molecule has 0 radical (unpaired) electrons. The monoisotopic (exact) mass is 412 g/mol. The molecule has 6 aliphatic rings. The Labute approximate surface area is 182 Å². The Morgan fingerprint density at radius 2 is 1.97 bits per heavy atom. The van der Waals surface area contributed by atoms with E-state index in [0.717, 1.165) is 48.6 Å². The number of nitrogens with two attached hydrogens (primary N) is 1. The standard InChI is InChI=1S/C26H40N2O2/c1-16-6-9-24(2)17(12-16)4-5-19-20(24)8-10-25(3)21(19)13-23-22(25)14-26(30-23)11-7-18(28-27)15-29-26/h4,16,19-23H,5-15,27H2,1-3H3/b28-18-/t16?,19?,20?,21?,22?,23?,24-,25-,26?/m0/s1. The number of hydrogen-bond acceptors (Lipinski definition) is 4. The maximum Gasteiger partial charge on any atom is 0.169 e. The van der Waals surface area contributed by atoms with Crippen LogP contribution in [-0.2, 0) is 9.47 Å². The normalized spacial score (nSPS) is 56.2. The van der Waals surface area contributed by atoms with Crippen LogP contribution in [0.2, 0.25) is 0 Å². The van der Waals surface area contributed by atoms with Gasteiger partial charge in [-0.2, -0.15) is 5.10 Å². The van der Waals surface area contributed by atoms with E-state index in [9.17, 15) is 0 Å². The molecule has 1 spiro atoms. The van der Waals surface area contributed by atoms with Crippen LogP contribution in [0.3, 0.4) is 0 Å². The van der Waals surface area contributed by atoms with Crippen LogP contribution >= 0.6 is 0 Å². The summed E-state index contributed by atoms with van der Waals surface area (Å²) < 4.78 is 13.0. The first kappa shape index (κ1) is 19.8. The van der Waals surface area contributed by atoms with Crippen LogP contribution in [0.15, 0.2) is 16.8 Å². The van der Waals surface area contributed by atoms with Crippen molar-refractivity contribution in [2.24, 2.45) is 51.4 Å². The number of fused-ring (bicyclic) bond motifs is 7. The predicted molar refractivity (Wildman–Crippen MR) is 119 cm³/mol. The van der Waals surface area contributed by atoms with Crippen molar-refractivity contribution in [3.63, 3.8) is 0 Å². The molecule has 6 rings (SSSR count). The lowest BCUT2D eigenvalue weighted by Crippen LogP contribution is -2.50. The minimum atomic E-state index is -0.362. The molecule has 3 saturated carbocycles. The molecular formula is C26H40N2O2. The molecule has 0 bridgehead atoms. The van der Waals surface area contributed by atoms with Gasteiger partial charge in [0, 0.05) is 12.8 Å². The Kier molecular flexibility index (Phi) is 4.33. The molecule has 0 aromatic rings. The lowest BCUT2D eigenvalue weighted by Gasteiger charge is -2.58. The van der Waals surface area contributed by atoms with Gasteiger partial charge in [0.05, 0.1) is 18.4 Å². The van der Waals surface area contributed by atoms with E-state index in [4.69, 9.17) is 15.3 Å². The fourth-order valence-electron chi connectivity index (χ4n) is 9.14. The third-order valence-corrected chi connectivity index (χ3v) is 10.9. The van der Waals surface area contributed by atoms with Crippen LogP contribution in [-0.4, -0.2) is 24.2 Å². The van der Waals surface area contributed by atoms with Crippen molar-refractivity contribution in [3.8, 4) is 0 Å². The van der Waals surface area contributed by atoms with E-state index in [2.05, 4.69) is 31.9 Å². The van der Waals surface area contributed by atoms with Crippen molar-refractivity contribution in [3.05, 3.63) is 11.6 Å². The summed E-state index contributed by atoms with van der Waals surface area (Å²) in [4.78, 5) is 0. The molecule has 5 fully saturated rings. The topological polar surface area (TPSA) is 56.8 Å². The highest BCUT2D eigenvalue weighted by Crippen LogP contribution is 2.69. The van der Waals surface area contributed by atoms with Crippen LogP contribution in [0.25, 0.3) is 0 Å². The second kappa shape index (κ2) is 6.57. The van der Waals surface area contributed by atoms with Gasteiger partial charge in [0.15, 0.2) is 5.79 Å². The predicted octanol–water partition coefficient (Wildman–Crippen LogP) is 5.42. The third kappa shape index (κ3) is 2.62. The summed E-state index contributed by atoms with van der Waals surface area (Å²) in [5, 5.41) is 3.87. The van der Waals surface area contributed by atoms with Gasteiger partial charge in [-0.15, -0.1) is 0 Å². The molecule has 0 aromatic heterocycles. The first-order chi connectivity index (χ1) is 14.4. The van der Waals surface area contributed by atoms with Crippen molar-refractivity contribution < 1.29 is 9.47 Å². The van der Waals surface area contributed by atoms with Crippen LogP contribution in [0.4, 0.5) is 0 Å². The van der Waals surface area contributed by atoms with Crippen molar-refractivity contribution >= 4 is 5.71 Å². The highest BCUT2D eigenvalue weighted by molar-refractivity contribution is 5.86. The first-order valence-electron chi connectivity index (χ1n) is 12.6. The summed E-state index contributed by atoms with van der Waals surface area (Å²) >= 11 is 0. The molecule has 2 aliphatic heterocycles. The van der Waals surface area contributed by atoms with Gasteiger partial charge in [-0.25, -0.2) is 0 Å². The molecule has 2 N–H and O–H groups in total. The summed E-state index contributed by atoms with van der Waals surface area (Å²) in [6.45, 7) is 8.23. The molecule has 0 amide bonds. The number of nitrogens with zero attached hydrogens (tertiary/aromatic N) is 1. The number of hydrogen-bond donors (Lipinski definition) is 1. The van der Waals surface area contributed by atoms with Crippen molar-refractivity contribution in [1.82, 2.24) is 0 Å². The van der Waals surface area contributed by atoms with Gasteiger partial charge in [-0.1, -0.05) is 32.4 Å². The van der Waals surface area contributed by atoms with Crippen molar-refractivity contribution in [1.29, 1.82) is 0 Å². The highest BCUT2D eigenvalue weighted by Gasteiger charge is 2.65. The van der Waals surface area contributed by atoms with Crippen molar-refractivity contribution in [2.45, 2.75) is 96.9 Å². The van der Waals surface area contributed by atoms with Crippen molar-refractivity contribution in [2.75, 3.05) is 6.61 Å². The zero-order valence-corrected chi connectivity index (χ0v) is 19.2. The summed E-state index contributed by atoms with van der Waals surface area (Å²) in [7, 11) is 0. The number of ether oxygens (including phenoxy) is 2. The smallest absolute Gasteiger partial charge is 0.169 e. The van der Waals surface area contributed by atoms with Crippen LogP contribution in [0.5, 0.6) is 0 Å². The number of rotatable bonds is 0. The molecule has 4 nitrogen and oxygen atoms in total. The van der Waals surface area contributed by atoms with E-state index in [1.807, 2.05) is 5.57 Å². The van der Waals surface area contributed by atoms with Crippen LogP contribution in [0.1, 0.15) is 85.0 Å². The SMILES string of the molecule is CC1CC[C@@]2(C)C(=CCC3C4CC5OC6(CC/C(=N/N)CO6)CC5[C@@]4(C)CCC32)C1. The molecule has 166 valence electrons. The van der Waals surface area contributed by atoms with E-state index >= 15 is 0 Å². The Hall–Kier alpha value is -0.870. The Morgan fingerprint density at radius 3 is 2.73 bits per heavy atom. The first-order valence-corrected chi connectivity index (χ1v) is 12.6. The van der Waals surface area contributed by atoms with E-state index in [-0.39, 0.29) is 5.79 Å². The maximum atomic E-state index is 6.76. The third-order valence-electron chi connectivity index (χ3n) is 10.9. The van der Waals surface area contributed by atoms with Gasteiger partial charge in [-0.05, 0) is 91.8 Å². The van der Waals surface area contributed by atoms with Gasteiger partial charge in [0.25, 0.3) is 0 Å². The lowest BCUT2D eigenvalue weighted by atomic mass is 9.47. The second-order valence-corrected chi connectivity index (χ2v) is 12.2. The summed E-state index contributed by atoms with van der Waals surface area (Å²) in [6, 6.07) is 0. The number of hydrazone groups is 1. The Balaban J connectivity index is 1.24. The molecule has 4 heteroatoms. The second-order valence-electron chi connectivity index (χ2n) is 12.2. The summed E-state index contributed by atoms with van der Waals surface area (Å²) in [6.07, 6.45) is 15.6. The number of allylic oxidation sites excluding steroid dienone is 2. The largest absolute Gasteiger partial charge is 0.346 e. The molecule has 0 aromatic carbocycles. The Bertz CT molecular complexity index is 780. The Morgan fingerprint density at radius 1 is 1.10 bits per heavy atom. The lowest BCUT2D eigenvalue weighted by molar-refractivity contribution is -0.230. The minimum Gasteiger partial charge on any atom is -0.346 e. The van der Waals surface area contributed by atoms with E-state index < -0.39 is 0 Å². The average Bonchev–Trinajstić information content (AvgIpc) is 3.22. The van der Waals surface area contributed by atoms with Gasteiger partial charge < -0.3 is 15.3 Å². The summed E-state index contributed by atoms with van der Waals surface area (Å²) in [5.74, 6) is 9.23. The molecule has 7 unspecified atom stereocenters. The minimum absolute atomic E-state index is 0.362. The van der Waals surface area contributed by atoms with Gasteiger partial charge in [0.2, 0.25) is 0 Å². The highest BCUT2D eigenvalue weighted by atomic mass is 16.7. The molecular weight excluding hydrogens is 372 g/mol. The molecule has 2 heterocycles. The maximum absolute atomic E-state index is 6.76. The molecule has 30 heavy (non-hydrogen) atoms. The summed E-state index contributed by atoms with van der Waals surface area (Å²) in [5.41, 5.74) is 3.68. The van der Waals surface area contributed by atoms with Crippen LogP contribution < -0.4 is 5.84 Å². The molecule has 2 saturated heterocycles. The van der Waals surface area contributed by atoms with Gasteiger partial charge >= 0.3 is 0 Å². The molecule has 9 atom stereocenters. The van der Waals surface area contributed by atoms with Gasteiger partial charge in [-0.3, -0.25) is 0 Å². The quantitative estimate of drug-likeness (QED) is 0.328. The fourth-order valence-corrected chi connectivity index (χ4v) is 9.14. The van der Waals surface area contributed by atoms with E-state index in [1.165, 1.54) is 44.9 Å².